The first-order chi connectivity index (χ1) is 5.20. The van der Waals surface area contributed by atoms with Gasteiger partial charge in [-0.05, 0) is 26.2 Å². The number of carbonyl (C=O) groups excluding carboxylic acids is 1. The largest absolute Gasteiger partial charge is 0.371 e. The molecule has 1 saturated carbocycles. The van der Waals surface area contributed by atoms with Gasteiger partial charge in [0.05, 0.1) is 0 Å². The monoisotopic (exact) mass is 156 g/mol. The summed E-state index contributed by atoms with van der Waals surface area (Å²) >= 11 is 0. The first-order valence-electron chi connectivity index (χ1n) is 4.32. The summed E-state index contributed by atoms with van der Waals surface area (Å²) in [7, 11) is 0. The maximum atomic E-state index is 10.7. The van der Waals surface area contributed by atoms with Crippen LogP contribution in [0.3, 0.4) is 0 Å². The van der Waals surface area contributed by atoms with Gasteiger partial charge in [0.1, 0.15) is 6.10 Å². The smallest absolute Gasteiger partial charge is 0.158 e. The van der Waals surface area contributed by atoms with E-state index in [1.807, 2.05) is 6.92 Å². The molecule has 1 fully saturated rings. The molecular weight excluding hydrogens is 140 g/mol. The van der Waals surface area contributed by atoms with Gasteiger partial charge in [-0.3, -0.25) is 4.79 Å². The van der Waals surface area contributed by atoms with Crippen LogP contribution < -0.4 is 0 Å². The zero-order valence-electron chi connectivity index (χ0n) is 7.30. The number of Topliss-reactive ketones (excluding diaryl/α,β-unsaturated/α-hetero) is 1. The molecule has 2 nitrogen and oxygen atoms in total. The van der Waals surface area contributed by atoms with Crippen molar-refractivity contribution in [2.45, 2.75) is 39.2 Å². The standard InChI is InChI=1S/C9H16O2/c1-7(10)8(2)11-6-5-9-3-4-9/h8-9H,3-6H2,1-2H3. The van der Waals surface area contributed by atoms with Crippen molar-refractivity contribution in [3.63, 3.8) is 0 Å². The van der Waals surface area contributed by atoms with Crippen molar-refractivity contribution in [2.24, 2.45) is 5.92 Å². The van der Waals surface area contributed by atoms with E-state index in [0.29, 0.717) is 0 Å². The van der Waals surface area contributed by atoms with Crippen LogP contribution in [0.4, 0.5) is 0 Å². The van der Waals surface area contributed by atoms with Gasteiger partial charge in [-0.2, -0.15) is 0 Å². The van der Waals surface area contributed by atoms with Crippen molar-refractivity contribution in [1.29, 1.82) is 0 Å². The molecule has 0 amide bonds. The highest BCUT2D eigenvalue weighted by Gasteiger charge is 2.21. The van der Waals surface area contributed by atoms with E-state index in [2.05, 4.69) is 0 Å². The fraction of sp³-hybridized carbons (Fsp3) is 0.889. The van der Waals surface area contributed by atoms with Crippen molar-refractivity contribution in [1.82, 2.24) is 0 Å². The van der Waals surface area contributed by atoms with Crippen LogP contribution in [0, 0.1) is 5.92 Å². The molecule has 0 heterocycles. The molecule has 0 aliphatic heterocycles. The molecule has 0 aromatic rings. The lowest BCUT2D eigenvalue weighted by Crippen LogP contribution is -2.18. The van der Waals surface area contributed by atoms with Crippen LogP contribution in [0.1, 0.15) is 33.1 Å². The fourth-order valence-corrected chi connectivity index (χ4v) is 0.935. The summed E-state index contributed by atoms with van der Waals surface area (Å²) < 4.78 is 5.30. The van der Waals surface area contributed by atoms with Gasteiger partial charge in [-0.1, -0.05) is 12.8 Å². The second-order valence-electron chi connectivity index (χ2n) is 3.36. The minimum atomic E-state index is -0.200. The SMILES string of the molecule is CC(=O)C(C)OCCC1CC1. The fourth-order valence-electron chi connectivity index (χ4n) is 0.935. The molecule has 0 aromatic carbocycles. The van der Waals surface area contributed by atoms with Gasteiger partial charge in [0.25, 0.3) is 0 Å². The highest BCUT2D eigenvalue weighted by atomic mass is 16.5. The average Bonchev–Trinajstić information content (AvgIpc) is 2.71. The van der Waals surface area contributed by atoms with E-state index >= 15 is 0 Å². The lowest BCUT2D eigenvalue weighted by molar-refractivity contribution is -0.127. The molecular formula is C9H16O2. The molecule has 1 aliphatic rings. The minimum absolute atomic E-state index is 0.126. The van der Waals surface area contributed by atoms with E-state index in [-0.39, 0.29) is 11.9 Å². The van der Waals surface area contributed by atoms with Gasteiger partial charge in [0, 0.05) is 6.61 Å². The predicted molar refractivity (Wildman–Crippen MR) is 43.4 cm³/mol. The molecule has 11 heavy (non-hydrogen) atoms. The Kier molecular flexibility index (Phi) is 3.06. The molecule has 0 bridgehead atoms. The predicted octanol–water partition coefficient (Wildman–Crippen LogP) is 1.78. The van der Waals surface area contributed by atoms with Gasteiger partial charge >= 0.3 is 0 Å². The first kappa shape index (κ1) is 8.72. The molecule has 0 radical (unpaired) electrons. The van der Waals surface area contributed by atoms with Crippen molar-refractivity contribution in [3.8, 4) is 0 Å². The number of carbonyl (C=O) groups is 1. The topological polar surface area (TPSA) is 26.3 Å². The summed E-state index contributed by atoms with van der Waals surface area (Å²) in [6.45, 7) is 4.14. The van der Waals surface area contributed by atoms with Crippen LogP contribution >= 0.6 is 0 Å². The lowest BCUT2D eigenvalue weighted by Gasteiger charge is -2.08. The van der Waals surface area contributed by atoms with Crippen molar-refractivity contribution < 1.29 is 9.53 Å². The highest BCUT2D eigenvalue weighted by Crippen LogP contribution is 2.32. The first-order valence-corrected chi connectivity index (χ1v) is 4.32. The summed E-state index contributed by atoms with van der Waals surface area (Å²) in [5, 5.41) is 0. The molecule has 0 saturated heterocycles. The Morgan fingerprint density at radius 2 is 2.27 bits per heavy atom. The summed E-state index contributed by atoms with van der Waals surface area (Å²) in [4.78, 5) is 10.7. The van der Waals surface area contributed by atoms with E-state index in [1.165, 1.54) is 12.8 Å². The maximum Gasteiger partial charge on any atom is 0.158 e. The summed E-state index contributed by atoms with van der Waals surface area (Å²) in [5.74, 6) is 1.02. The Labute approximate surface area is 67.9 Å². The van der Waals surface area contributed by atoms with Crippen molar-refractivity contribution >= 4 is 5.78 Å². The number of hydrogen-bond donors (Lipinski definition) is 0. The molecule has 0 aromatic heterocycles. The third-order valence-electron chi connectivity index (χ3n) is 2.16. The third-order valence-corrected chi connectivity index (χ3v) is 2.16. The van der Waals surface area contributed by atoms with Crippen LogP contribution in [-0.2, 0) is 9.53 Å². The van der Waals surface area contributed by atoms with E-state index in [1.54, 1.807) is 6.92 Å². The number of hydrogen-bond acceptors (Lipinski definition) is 2. The minimum Gasteiger partial charge on any atom is -0.371 e. The Morgan fingerprint density at radius 3 is 2.73 bits per heavy atom. The Bertz CT molecular complexity index is 138. The van der Waals surface area contributed by atoms with Gasteiger partial charge in [-0.15, -0.1) is 0 Å². The second kappa shape index (κ2) is 3.86. The number of rotatable bonds is 5. The Hall–Kier alpha value is -0.370. The highest BCUT2D eigenvalue weighted by molar-refractivity contribution is 5.79. The summed E-state index contributed by atoms with van der Waals surface area (Å²) in [6.07, 6.45) is 3.65. The van der Waals surface area contributed by atoms with Gasteiger partial charge in [0.2, 0.25) is 0 Å². The van der Waals surface area contributed by atoms with Gasteiger partial charge in [-0.25, -0.2) is 0 Å². The van der Waals surface area contributed by atoms with Crippen LogP contribution in [0.5, 0.6) is 0 Å². The molecule has 0 N–H and O–H groups in total. The molecule has 2 heteroatoms. The zero-order valence-corrected chi connectivity index (χ0v) is 7.30. The third kappa shape index (κ3) is 3.51. The van der Waals surface area contributed by atoms with Crippen LogP contribution in [-0.4, -0.2) is 18.5 Å². The van der Waals surface area contributed by atoms with Crippen LogP contribution in [0.15, 0.2) is 0 Å². The summed E-state index contributed by atoms with van der Waals surface area (Å²) in [5.41, 5.74) is 0. The zero-order chi connectivity index (χ0) is 8.27. The quantitative estimate of drug-likeness (QED) is 0.606. The molecule has 1 rings (SSSR count). The molecule has 64 valence electrons. The van der Waals surface area contributed by atoms with Crippen LogP contribution in [0.25, 0.3) is 0 Å². The van der Waals surface area contributed by atoms with Crippen LogP contribution in [0.2, 0.25) is 0 Å². The van der Waals surface area contributed by atoms with E-state index in [4.69, 9.17) is 4.74 Å². The van der Waals surface area contributed by atoms with E-state index in [9.17, 15) is 4.79 Å². The van der Waals surface area contributed by atoms with Gasteiger partial charge in [0.15, 0.2) is 5.78 Å². The van der Waals surface area contributed by atoms with Gasteiger partial charge < -0.3 is 4.74 Å². The second-order valence-corrected chi connectivity index (χ2v) is 3.36. The van der Waals surface area contributed by atoms with E-state index in [0.717, 1.165) is 18.9 Å². The Morgan fingerprint density at radius 1 is 1.64 bits per heavy atom. The van der Waals surface area contributed by atoms with Crippen molar-refractivity contribution in [2.75, 3.05) is 6.61 Å². The molecule has 1 aliphatic carbocycles. The van der Waals surface area contributed by atoms with Crippen molar-refractivity contribution in [3.05, 3.63) is 0 Å². The summed E-state index contributed by atoms with van der Waals surface area (Å²) in [6, 6.07) is 0. The Balaban J connectivity index is 1.96. The normalized spacial score (nSPS) is 19.8. The molecule has 1 atom stereocenters. The maximum absolute atomic E-state index is 10.7. The molecule has 0 spiro atoms. The van der Waals surface area contributed by atoms with E-state index < -0.39 is 0 Å². The number of ketones is 1. The lowest BCUT2D eigenvalue weighted by atomic mass is 10.3. The number of ether oxygens (including phenoxy) is 1. The average molecular weight is 156 g/mol. The molecule has 1 unspecified atom stereocenters.